The number of hydrogen-bond donors (Lipinski definition) is 1. The lowest BCUT2D eigenvalue weighted by Crippen LogP contribution is -2.14. The van der Waals surface area contributed by atoms with Crippen LogP contribution in [0.4, 0.5) is 10.1 Å². The van der Waals surface area contributed by atoms with Gasteiger partial charge in [-0.2, -0.15) is 0 Å². The first-order valence-electron chi connectivity index (χ1n) is 5.47. The second-order valence-corrected chi connectivity index (χ2v) is 3.58. The zero-order chi connectivity index (χ0) is 13.5. The lowest BCUT2D eigenvalue weighted by Gasteiger charge is -1.99. The average Bonchev–Trinajstić information content (AvgIpc) is 2.33. The van der Waals surface area contributed by atoms with Gasteiger partial charge in [-0.15, -0.1) is 0 Å². The van der Waals surface area contributed by atoms with Crippen LogP contribution in [0.15, 0.2) is 35.0 Å². The van der Waals surface area contributed by atoms with Crippen molar-refractivity contribution in [1.82, 2.24) is 0 Å². The van der Waals surface area contributed by atoms with Crippen LogP contribution >= 0.6 is 0 Å². The van der Waals surface area contributed by atoms with Gasteiger partial charge >= 0.3 is 5.97 Å². The Morgan fingerprint density at radius 3 is 2.94 bits per heavy atom. The third kappa shape index (κ3) is 4.01. The number of rotatable bonds is 4. The maximum Gasteiger partial charge on any atom is 0.354 e. The van der Waals surface area contributed by atoms with Gasteiger partial charge in [0.1, 0.15) is 11.5 Å². The van der Waals surface area contributed by atoms with Crippen LogP contribution in [0.2, 0.25) is 0 Å². The minimum absolute atomic E-state index is 0.0753. The Bertz CT molecular complexity index is 496. The first-order chi connectivity index (χ1) is 8.54. The van der Waals surface area contributed by atoms with Crippen LogP contribution in [0.3, 0.4) is 0 Å². The van der Waals surface area contributed by atoms with Crippen LogP contribution in [0, 0.1) is 12.7 Å². The lowest BCUT2D eigenvalue weighted by molar-refractivity contribution is -0.138. The van der Waals surface area contributed by atoms with E-state index in [1.807, 2.05) is 6.92 Å². The van der Waals surface area contributed by atoms with Crippen molar-refractivity contribution in [3.8, 4) is 0 Å². The fourth-order valence-corrected chi connectivity index (χ4v) is 1.20. The van der Waals surface area contributed by atoms with Crippen LogP contribution in [-0.4, -0.2) is 18.8 Å². The molecule has 0 fully saturated rings. The first kappa shape index (κ1) is 13.9. The van der Waals surface area contributed by atoms with E-state index in [1.54, 1.807) is 19.1 Å². The molecule has 0 aliphatic heterocycles. The largest absolute Gasteiger partial charge is 0.461 e. The molecule has 0 atom stereocenters. The highest BCUT2D eigenvalue weighted by atomic mass is 19.1. The summed E-state index contributed by atoms with van der Waals surface area (Å²) in [6.45, 7) is 3.76. The highest BCUT2D eigenvalue weighted by Gasteiger charge is 2.03. The summed E-state index contributed by atoms with van der Waals surface area (Å²) in [5.41, 5.74) is 6.45. The molecule has 0 saturated carbocycles. The number of carbonyl (C=O) groups is 1. The van der Waals surface area contributed by atoms with E-state index >= 15 is 0 Å². The molecule has 1 aromatic carbocycles. The molecular weight excluding hydrogens is 235 g/mol. The van der Waals surface area contributed by atoms with Crippen LogP contribution < -0.4 is 5.73 Å². The molecule has 0 amide bonds. The predicted octanol–water partition coefficient (Wildman–Crippen LogP) is 2.24. The molecule has 0 radical (unpaired) electrons. The number of benzene rings is 1. The fraction of sp³-hybridized carbons (Fsp3) is 0.231. The Morgan fingerprint density at radius 2 is 2.28 bits per heavy atom. The molecule has 0 spiro atoms. The van der Waals surface area contributed by atoms with Crippen molar-refractivity contribution in [2.24, 2.45) is 10.7 Å². The van der Waals surface area contributed by atoms with E-state index in [2.05, 4.69) is 9.73 Å². The topological polar surface area (TPSA) is 64.7 Å². The molecule has 1 aromatic rings. The number of hydrogen-bond acceptors (Lipinski definition) is 4. The van der Waals surface area contributed by atoms with Gasteiger partial charge in [-0.1, -0.05) is 6.07 Å². The van der Waals surface area contributed by atoms with Crippen LogP contribution in [0.5, 0.6) is 0 Å². The fourth-order valence-electron chi connectivity index (χ4n) is 1.20. The maximum absolute atomic E-state index is 13.3. The Balaban J connectivity index is 2.78. The van der Waals surface area contributed by atoms with Crippen molar-refractivity contribution in [2.75, 3.05) is 6.61 Å². The molecule has 18 heavy (non-hydrogen) atoms. The van der Waals surface area contributed by atoms with Gasteiger partial charge in [-0.05, 0) is 37.6 Å². The standard InChI is InChI=1S/C13H15FN2O2/c1-3-18-13(17)11(15)6-7-16-12-8-9(2)4-5-10(12)14/h4-8H,3,15H2,1-2H3. The van der Waals surface area contributed by atoms with Crippen molar-refractivity contribution in [1.29, 1.82) is 0 Å². The zero-order valence-corrected chi connectivity index (χ0v) is 10.3. The van der Waals surface area contributed by atoms with Gasteiger partial charge in [-0.3, -0.25) is 4.99 Å². The third-order valence-corrected chi connectivity index (χ3v) is 2.08. The van der Waals surface area contributed by atoms with Gasteiger partial charge in [0.05, 0.1) is 12.3 Å². The van der Waals surface area contributed by atoms with Crippen LogP contribution in [-0.2, 0) is 9.53 Å². The summed E-state index contributed by atoms with van der Waals surface area (Å²) in [5.74, 6) is -1.05. The second kappa shape index (κ2) is 6.54. The SMILES string of the molecule is CCOC(=O)C(N)=CC=Nc1cc(C)ccc1F. The minimum atomic E-state index is -0.617. The zero-order valence-electron chi connectivity index (χ0n) is 10.3. The van der Waals surface area contributed by atoms with Crippen molar-refractivity contribution in [3.05, 3.63) is 41.4 Å². The van der Waals surface area contributed by atoms with E-state index in [-0.39, 0.29) is 18.0 Å². The number of aryl methyl sites for hydroxylation is 1. The first-order valence-corrected chi connectivity index (χ1v) is 5.47. The molecule has 96 valence electrons. The highest BCUT2D eigenvalue weighted by Crippen LogP contribution is 2.18. The summed E-state index contributed by atoms with van der Waals surface area (Å²) in [6, 6.07) is 4.58. The minimum Gasteiger partial charge on any atom is -0.461 e. The van der Waals surface area contributed by atoms with Gasteiger partial charge in [0.25, 0.3) is 0 Å². The van der Waals surface area contributed by atoms with E-state index < -0.39 is 11.8 Å². The highest BCUT2D eigenvalue weighted by molar-refractivity contribution is 5.92. The molecule has 1 rings (SSSR count). The number of ether oxygens (including phenoxy) is 1. The number of nitrogens with zero attached hydrogens (tertiary/aromatic N) is 1. The molecule has 4 nitrogen and oxygen atoms in total. The lowest BCUT2D eigenvalue weighted by atomic mass is 10.2. The smallest absolute Gasteiger partial charge is 0.354 e. The van der Waals surface area contributed by atoms with Crippen molar-refractivity contribution in [3.63, 3.8) is 0 Å². The van der Waals surface area contributed by atoms with E-state index in [9.17, 15) is 9.18 Å². The van der Waals surface area contributed by atoms with Crippen molar-refractivity contribution >= 4 is 17.9 Å². The summed E-state index contributed by atoms with van der Waals surface area (Å²) in [7, 11) is 0. The van der Waals surface area contributed by atoms with Gasteiger partial charge in [0.15, 0.2) is 0 Å². The Morgan fingerprint density at radius 1 is 1.56 bits per heavy atom. The Kier molecular flexibility index (Phi) is 5.05. The molecule has 0 aromatic heterocycles. The monoisotopic (exact) mass is 250 g/mol. The second-order valence-electron chi connectivity index (χ2n) is 3.58. The quantitative estimate of drug-likeness (QED) is 0.506. The molecule has 5 heteroatoms. The number of carbonyl (C=O) groups excluding carboxylic acids is 1. The molecule has 0 unspecified atom stereocenters. The maximum atomic E-state index is 13.3. The van der Waals surface area contributed by atoms with E-state index in [0.29, 0.717) is 0 Å². The molecule has 0 bridgehead atoms. The molecular formula is C13H15FN2O2. The van der Waals surface area contributed by atoms with E-state index in [0.717, 1.165) is 5.56 Å². The van der Waals surface area contributed by atoms with E-state index in [1.165, 1.54) is 18.4 Å². The molecule has 0 aliphatic rings. The Labute approximate surface area is 105 Å². The van der Waals surface area contributed by atoms with Gasteiger partial charge in [0.2, 0.25) is 0 Å². The normalized spacial score (nSPS) is 11.8. The number of esters is 1. The third-order valence-electron chi connectivity index (χ3n) is 2.08. The molecule has 0 saturated heterocycles. The van der Waals surface area contributed by atoms with Gasteiger partial charge in [-0.25, -0.2) is 9.18 Å². The van der Waals surface area contributed by atoms with Gasteiger partial charge < -0.3 is 10.5 Å². The van der Waals surface area contributed by atoms with Crippen LogP contribution in [0.1, 0.15) is 12.5 Å². The number of aliphatic imine (C=N–C) groups is 1. The number of nitrogens with two attached hydrogens (primary N) is 1. The predicted molar refractivity (Wildman–Crippen MR) is 68.2 cm³/mol. The van der Waals surface area contributed by atoms with Gasteiger partial charge in [0, 0.05) is 6.21 Å². The summed E-state index contributed by atoms with van der Waals surface area (Å²) >= 11 is 0. The van der Waals surface area contributed by atoms with Crippen molar-refractivity contribution in [2.45, 2.75) is 13.8 Å². The number of allylic oxidation sites excluding steroid dienone is 1. The molecule has 2 N–H and O–H groups in total. The van der Waals surface area contributed by atoms with Crippen molar-refractivity contribution < 1.29 is 13.9 Å². The van der Waals surface area contributed by atoms with E-state index in [4.69, 9.17) is 5.73 Å². The number of halogens is 1. The van der Waals surface area contributed by atoms with Crippen LogP contribution in [0.25, 0.3) is 0 Å². The summed E-state index contributed by atoms with van der Waals surface area (Å²) < 4.78 is 18.0. The average molecular weight is 250 g/mol. The summed E-state index contributed by atoms with van der Waals surface area (Å²) in [4.78, 5) is 15.0. The summed E-state index contributed by atoms with van der Waals surface area (Å²) in [5, 5.41) is 0. The molecule has 0 aliphatic carbocycles. The summed E-state index contributed by atoms with van der Waals surface area (Å²) in [6.07, 6.45) is 2.55. The Hall–Kier alpha value is -2.17. The molecule has 0 heterocycles.